The smallest absolute Gasteiger partial charge is 0.189 e. The van der Waals surface area contributed by atoms with Gasteiger partial charge in [0, 0.05) is 17.1 Å². The number of phenols is 1. The second-order valence-electron chi connectivity index (χ2n) is 4.50. The first-order valence-corrected chi connectivity index (χ1v) is 6.32. The van der Waals surface area contributed by atoms with Crippen LogP contribution in [0.3, 0.4) is 0 Å². The first kappa shape index (κ1) is 12.2. The van der Waals surface area contributed by atoms with Crippen LogP contribution in [0.4, 0.5) is 0 Å². The van der Waals surface area contributed by atoms with E-state index < -0.39 is 0 Å². The molecule has 20 heavy (non-hydrogen) atoms. The molecule has 1 heterocycles. The van der Waals surface area contributed by atoms with Gasteiger partial charge in [-0.05, 0) is 35.9 Å². The van der Waals surface area contributed by atoms with Gasteiger partial charge in [0.1, 0.15) is 5.75 Å². The molecule has 0 unspecified atom stereocenters. The molecule has 0 aliphatic carbocycles. The average molecular weight is 263 g/mol. The highest BCUT2D eigenvalue weighted by atomic mass is 16.3. The van der Waals surface area contributed by atoms with Gasteiger partial charge < -0.3 is 10.1 Å². The van der Waals surface area contributed by atoms with Gasteiger partial charge in [0.2, 0.25) is 0 Å². The molecule has 0 aliphatic rings. The number of aromatic hydroxyl groups is 1. The molecule has 0 atom stereocenters. The molecular formula is C17H13NO2. The summed E-state index contributed by atoms with van der Waals surface area (Å²) in [5.74, 6) is -0.211. The van der Waals surface area contributed by atoms with E-state index in [1.807, 2.05) is 30.5 Å². The maximum absolute atomic E-state index is 12.1. The Morgan fingerprint density at radius 2 is 1.90 bits per heavy atom. The fraction of sp³-hybridized carbons (Fsp3) is 0. The van der Waals surface area contributed by atoms with Crippen LogP contribution in [0.15, 0.2) is 60.8 Å². The van der Waals surface area contributed by atoms with Crippen molar-refractivity contribution in [3.8, 4) is 5.75 Å². The molecule has 0 bridgehead atoms. The lowest BCUT2D eigenvalue weighted by Crippen LogP contribution is -1.94. The number of hydrogen-bond acceptors (Lipinski definition) is 2. The van der Waals surface area contributed by atoms with Gasteiger partial charge in [0.25, 0.3) is 0 Å². The number of fused-ring (bicyclic) bond motifs is 1. The van der Waals surface area contributed by atoms with Crippen molar-refractivity contribution in [1.82, 2.24) is 4.98 Å². The van der Waals surface area contributed by atoms with E-state index in [0.717, 1.165) is 16.5 Å². The van der Waals surface area contributed by atoms with Gasteiger partial charge in [0.15, 0.2) is 5.78 Å². The Hall–Kier alpha value is -2.81. The van der Waals surface area contributed by atoms with Gasteiger partial charge in [-0.2, -0.15) is 0 Å². The van der Waals surface area contributed by atoms with E-state index in [1.54, 1.807) is 24.3 Å². The maximum atomic E-state index is 12.1. The topological polar surface area (TPSA) is 53.1 Å². The maximum Gasteiger partial charge on any atom is 0.189 e. The summed E-state index contributed by atoms with van der Waals surface area (Å²) in [5.41, 5.74) is 2.31. The summed E-state index contributed by atoms with van der Waals surface area (Å²) in [5, 5.41) is 10.7. The average Bonchev–Trinajstić information content (AvgIpc) is 2.94. The quantitative estimate of drug-likeness (QED) is 0.558. The molecule has 3 nitrogen and oxygen atoms in total. The second-order valence-corrected chi connectivity index (χ2v) is 4.50. The zero-order valence-electron chi connectivity index (χ0n) is 10.7. The number of H-pyrrole nitrogens is 1. The van der Waals surface area contributed by atoms with Crippen molar-refractivity contribution in [1.29, 1.82) is 0 Å². The van der Waals surface area contributed by atoms with E-state index in [1.165, 1.54) is 12.1 Å². The molecule has 3 aromatic rings. The Balaban J connectivity index is 1.93. The van der Waals surface area contributed by atoms with E-state index in [0.29, 0.717) is 5.56 Å². The molecule has 1 aromatic heterocycles. The Morgan fingerprint density at radius 3 is 2.75 bits per heavy atom. The first-order chi connectivity index (χ1) is 9.75. The predicted octanol–water partition coefficient (Wildman–Crippen LogP) is 3.77. The van der Waals surface area contributed by atoms with Crippen LogP contribution in [0.25, 0.3) is 17.0 Å². The Labute approximate surface area is 116 Å². The van der Waals surface area contributed by atoms with E-state index >= 15 is 0 Å². The van der Waals surface area contributed by atoms with Gasteiger partial charge in [-0.15, -0.1) is 0 Å². The van der Waals surface area contributed by atoms with Crippen molar-refractivity contribution in [2.45, 2.75) is 0 Å². The minimum atomic E-state index is -0.212. The summed E-state index contributed by atoms with van der Waals surface area (Å²) in [4.78, 5) is 15.2. The van der Waals surface area contributed by atoms with Crippen LogP contribution >= 0.6 is 0 Å². The molecule has 0 radical (unpaired) electrons. The highest BCUT2D eigenvalue weighted by Crippen LogP contribution is 2.20. The third-order valence-corrected chi connectivity index (χ3v) is 3.21. The van der Waals surface area contributed by atoms with Gasteiger partial charge in [-0.1, -0.05) is 30.3 Å². The third-order valence-electron chi connectivity index (χ3n) is 3.21. The summed E-state index contributed by atoms with van der Waals surface area (Å²) in [6.07, 6.45) is 5.12. The SMILES string of the molecule is O=C(C=Cc1cccc2[nH]ccc12)c1ccccc1O. The fourth-order valence-corrected chi connectivity index (χ4v) is 2.19. The molecule has 0 saturated carbocycles. The van der Waals surface area contributed by atoms with Crippen molar-refractivity contribution >= 4 is 22.8 Å². The van der Waals surface area contributed by atoms with Gasteiger partial charge in [-0.3, -0.25) is 4.79 Å². The molecule has 2 aromatic carbocycles. The van der Waals surface area contributed by atoms with Crippen molar-refractivity contribution in [3.05, 3.63) is 71.9 Å². The Bertz CT molecular complexity index is 799. The third kappa shape index (κ3) is 2.21. The largest absolute Gasteiger partial charge is 0.507 e. The highest BCUT2D eigenvalue weighted by Gasteiger charge is 2.06. The van der Waals surface area contributed by atoms with Crippen molar-refractivity contribution in [3.63, 3.8) is 0 Å². The van der Waals surface area contributed by atoms with Crippen LogP contribution in [-0.4, -0.2) is 15.9 Å². The summed E-state index contributed by atoms with van der Waals surface area (Å²) >= 11 is 0. The Morgan fingerprint density at radius 1 is 1.05 bits per heavy atom. The Kier molecular flexibility index (Phi) is 3.09. The van der Waals surface area contributed by atoms with Crippen LogP contribution in [0.5, 0.6) is 5.75 Å². The lowest BCUT2D eigenvalue weighted by molar-refractivity contribution is 0.104. The normalized spacial score (nSPS) is 11.2. The second kappa shape index (κ2) is 5.05. The number of aromatic amines is 1. The van der Waals surface area contributed by atoms with E-state index in [4.69, 9.17) is 0 Å². The lowest BCUT2D eigenvalue weighted by atomic mass is 10.1. The number of phenolic OH excluding ortho intramolecular Hbond substituents is 1. The number of carbonyl (C=O) groups excluding carboxylic acids is 1. The van der Waals surface area contributed by atoms with E-state index in [2.05, 4.69) is 4.98 Å². The summed E-state index contributed by atoms with van der Waals surface area (Å²) in [6, 6.07) is 14.4. The first-order valence-electron chi connectivity index (χ1n) is 6.32. The molecule has 0 fully saturated rings. The van der Waals surface area contributed by atoms with Crippen LogP contribution in [0, 0.1) is 0 Å². The molecule has 2 N–H and O–H groups in total. The number of allylic oxidation sites excluding steroid dienone is 1. The number of ketones is 1. The number of carbonyl (C=O) groups is 1. The zero-order chi connectivity index (χ0) is 13.9. The minimum Gasteiger partial charge on any atom is -0.507 e. The van der Waals surface area contributed by atoms with Gasteiger partial charge in [0.05, 0.1) is 5.56 Å². The number of rotatable bonds is 3. The van der Waals surface area contributed by atoms with Crippen molar-refractivity contribution in [2.75, 3.05) is 0 Å². The molecule has 98 valence electrons. The fourth-order valence-electron chi connectivity index (χ4n) is 2.19. The summed E-state index contributed by atoms with van der Waals surface area (Å²) in [7, 11) is 0. The van der Waals surface area contributed by atoms with E-state index in [-0.39, 0.29) is 11.5 Å². The molecule has 0 saturated heterocycles. The molecule has 0 spiro atoms. The summed E-state index contributed by atoms with van der Waals surface area (Å²) in [6.45, 7) is 0. The van der Waals surface area contributed by atoms with Crippen LogP contribution < -0.4 is 0 Å². The summed E-state index contributed by atoms with van der Waals surface area (Å²) < 4.78 is 0. The monoisotopic (exact) mass is 263 g/mol. The minimum absolute atomic E-state index is 0.00185. The van der Waals surface area contributed by atoms with Crippen molar-refractivity contribution < 1.29 is 9.90 Å². The highest BCUT2D eigenvalue weighted by molar-refractivity contribution is 6.09. The lowest BCUT2D eigenvalue weighted by Gasteiger charge is -2.00. The predicted molar refractivity (Wildman–Crippen MR) is 79.8 cm³/mol. The molecule has 3 heteroatoms. The number of hydrogen-bond donors (Lipinski definition) is 2. The number of nitrogens with one attached hydrogen (secondary N) is 1. The van der Waals surface area contributed by atoms with E-state index in [9.17, 15) is 9.90 Å². The zero-order valence-corrected chi connectivity index (χ0v) is 10.7. The molecular weight excluding hydrogens is 250 g/mol. The van der Waals surface area contributed by atoms with Crippen molar-refractivity contribution in [2.24, 2.45) is 0 Å². The number of para-hydroxylation sites is 1. The molecule has 3 rings (SSSR count). The number of benzene rings is 2. The van der Waals surface area contributed by atoms with Crippen LogP contribution in [-0.2, 0) is 0 Å². The van der Waals surface area contributed by atoms with Gasteiger partial charge in [-0.25, -0.2) is 0 Å². The van der Waals surface area contributed by atoms with Crippen LogP contribution in [0.1, 0.15) is 15.9 Å². The van der Waals surface area contributed by atoms with Crippen LogP contribution in [0.2, 0.25) is 0 Å². The standard InChI is InChI=1S/C17H13NO2/c19-16-7-2-1-5-14(16)17(20)9-8-12-4-3-6-15-13(12)10-11-18-15/h1-11,18-19H. The molecule has 0 aliphatic heterocycles. The number of aromatic nitrogens is 1. The van der Waals surface area contributed by atoms with Gasteiger partial charge >= 0.3 is 0 Å². The molecule has 0 amide bonds.